The van der Waals surface area contributed by atoms with Crippen LogP contribution in [0.4, 0.5) is 5.00 Å². The Morgan fingerprint density at radius 2 is 1.91 bits per heavy atom. The molecule has 0 spiro atoms. The molecule has 0 bridgehead atoms. The molecule has 1 saturated heterocycles. The van der Waals surface area contributed by atoms with Gasteiger partial charge in [-0.05, 0) is 45.5 Å². The van der Waals surface area contributed by atoms with Crippen LogP contribution in [0.25, 0.3) is 0 Å². The molecule has 2 unspecified atom stereocenters. The summed E-state index contributed by atoms with van der Waals surface area (Å²) in [6, 6.07) is 7.72. The third-order valence-electron chi connectivity index (χ3n) is 6.71. The van der Waals surface area contributed by atoms with Gasteiger partial charge in [-0.15, -0.1) is 11.3 Å². The van der Waals surface area contributed by atoms with Gasteiger partial charge in [-0.1, -0.05) is 23.7 Å². The summed E-state index contributed by atoms with van der Waals surface area (Å²) in [4.78, 5) is 24.0. The lowest BCUT2D eigenvalue weighted by Gasteiger charge is -2.32. The summed E-state index contributed by atoms with van der Waals surface area (Å²) >= 11 is 7.90. The Bertz CT molecular complexity index is 1010. The molecule has 0 aliphatic carbocycles. The fourth-order valence-electron chi connectivity index (χ4n) is 4.40. The molecule has 1 amide bonds. The lowest BCUT2D eigenvalue weighted by Crippen LogP contribution is -2.47. The highest BCUT2D eigenvalue weighted by molar-refractivity contribution is 7.16. The first-order valence-electron chi connectivity index (χ1n) is 11.7. The molecule has 1 aromatic heterocycles. The quantitative estimate of drug-likeness (QED) is 0.650. The van der Waals surface area contributed by atoms with Gasteiger partial charge in [-0.3, -0.25) is 14.7 Å². The van der Waals surface area contributed by atoms with Crippen LogP contribution in [0.5, 0.6) is 0 Å². The van der Waals surface area contributed by atoms with E-state index in [2.05, 4.69) is 48.3 Å². The SMILES string of the molecule is Cc1sc2c(c1C)C(c1ccc(Cl)cc1)=NC(CC(=O)NCCN1CCN(C)CC1)C(C)N2. The molecule has 2 N–H and O–H groups in total. The van der Waals surface area contributed by atoms with Crippen molar-refractivity contribution in [3.05, 3.63) is 50.9 Å². The number of carbonyl (C=O) groups excluding carboxylic acids is 1. The first-order chi connectivity index (χ1) is 15.8. The smallest absolute Gasteiger partial charge is 0.222 e. The van der Waals surface area contributed by atoms with Crippen molar-refractivity contribution in [1.82, 2.24) is 15.1 Å². The zero-order chi connectivity index (χ0) is 23.5. The van der Waals surface area contributed by atoms with Crippen LogP contribution >= 0.6 is 22.9 Å². The third-order valence-corrected chi connectivity index (χ3v) is 8.10. The molecule has 4 rings (SSSR count). The van der Waals surface area contributed by atoms with Crippen molar-refractivity contribution in [3.8, 4) is 0 Å². The summed E-state index contributed by atoms with van der Waals surface area (Å²) in [5, 5.41) is 8.60. The number of nitrogens with zero attached hydrogens (tertiary/aromatic N) is 3. The summed E-state index contributed by atoms with van der Waals surface area (Å²) in [5.74, 6) is 0.0557. The Morgan fingerprint density at radius 3 is 2.61 bits per heavy atom. The minimum Gasteiger partial charge on any atom is -0.372 e. The number of anilines is 1. The van der Waals surface area contributed by atoms with E-state index in [1.165, 1.54) is 10.4 Å². The van der Waals surface area contributed by atoms with Crippen LogP contribution in [-0.4, -0.2) is 79.8 Å². The van der Waals surface area contributed by atoms with E-state index in [4.69, 9.17) is 16.6 Å². The summed E-state index contributed by atoms with van der Waals surface area (Å²) in [6.07, 6.45) is 0.362. The monoisotopic (exact) mass is 487 g/mol. The maximum Gasteiger partial charge on any atom is 0.222 e. The van der Waals surface area contributed by atoms with Crippen LogP contribution in [0.15, 0.2) is 29.3 Å². The number of thiophene rings is 1. The highest BCUT2D eigenvalue weighted by atomic mass is 35.5. The number of amides is 1. The minimum absolute atomic E-state index is 0.0504. The molecule has 1 aromatic carbocycles. The first kappa shape index (κ1) is 24.2. The van der Waals surface area contributed by atoms with E-state index < -0.39 is 0 Å². The second-order valence-electron chi connectivity index (χ2n) is 9.17. The molecule has 3 heterocycles. The van der Waals surface area contributed by atoms with E-state index in [-0.39, 0.29) is 18.0 Å². The number of benzene rings is 1. The Hall–Kier alpha value is -1.93. The van der Waals surface area contributed by atoms with Gasteiger partial charge in [-0.25, -0.2) is 0 Å². The predicted octanol–water partition coefficient (Wildman–Crippen LogP) is 3.79. The summed E-state index contributed by atoms with van der Waals surface area (Å²) < 4.78 is 0. The number of halogens is 1. The van der Waals surface area contributed by atoms with Crippen molar-refractivity contribution < 1.29 is 4.79 Å². The van der Waals surface area contributed by atoms with Crippen molar-refractivity contribution >= 4 is 39.6 Å². The average Bonchev–Trinajstić information content (AvgIpc) is 2.98. The Balaban J connectivity index is 1.48. The van der Waals surface area contributed by atoms with Crippen molar-refractivity contribution in [2.75, 3.05) is 51.6 Å². The normalized spacial score (nSPS) is 21.7. The maximum absolute atomic E-state index is 12.8. The second-order valence-corrected chi connectivity index (χ2v) is 10.8. The predicted molar refractivity (Wildman–Crippen MR) is 139 cm³/mol. The maximum atomic E-state index is 12.8. The molecule has 2 aliphatic heterocycles. The minimum atomic E-state index is -0.154. The molecular formula is C25H34ClN5OS. The average molecular weight is 488 g/mol. The fourth-order valence-corrected chi connectivity index (χ4v) is 5.68. The standard InChI is InChI=1S/C25H34ClN5OS/c1-16-18(3)33-25-23(16)24(19-5-7-20(26)8-6-19)29-21(17(2)28-25)15-22(32)27-9-10-31-13-11-30(4)12-14-31/h5-8,17,21,28H,9-15H2,1-4H3,(H,27,32). The van der Waals surface area contributed by atoms with E-state index in [1.807, 2.05) is 24.3 Å². The summed E-state index contributed by atoms with van der Waals surface area (Å²) in [5.41, 5.74) is 4.35. The molecule has 0 saturated carbocycles. The highest BCUT2D eigenvalue weighted by Gasteiger charge is 2.29. The summed E-state index contributed by atoms with van der Waals surface area (Å²) in [7, 11) is 2.15. The summed E-state index contributed by atoms with van der Waals surface area (Å²) in [6.45, 7) is 12.3. The van der Waals surface area contributed by atoms with E-state index in [1.54, 1.807) is 11.3 Å². The zero-order valence-electron chi connectivity index (χ0n) is 19.9. The van der Waals surface area contributed by atoms with Crippen molar-refractivity contribution in [1.29, 1.82) is 0 Å². The number of piperazine rings is 1. The first-order valence-corrected chi connectivity index (χ1v) is 12.9. The molecule has 2 aliphatic rings. The zero-order valence-corrected chi connectivity index (χ0v) is 21.5. The number of rotatable bonds is 6. The topological polar surface area (TPSA) is 60.0 Å². The molecule has 178 valence electrons. The Labute approximate surface area is 206 Å². The van der Waals surface area contributed by atoms with Crippen LogP contribution in [0.2, 0.25) is 5.02 Å². The number of hydrogen-bond acceptors (Lipinski definition) is 6. The Kier molecular flexibility index (Phi) is 7.74. The number of likely N-dealkylation sites (N-methyl/N-ethyl adjacent to an activating group) is 1. The van der Waals surface area contributed by atoms with Gasteiger partial charge in [0.25, 0.3) is 0 Å². The number of fused-ring (bicyclic) bond motifs is 1. The lowest BCUT2D eigenvalue weighted by atomic mass is 10.00. The van der Waals surface area contributed by atoms with Crippen molar-refractivity contribution in [2.45, 2.75) is 39.3 Å². The van der Waals surface area contributed by atoms with Gasteiger partial charge in [0.2, 0.25) is 5.91 Å². The van der Waals surface area contributed by atoms with Crippen LogP contribution in [-0.2, 0) is 4.79 Å². The molecule has 33 heavy (non-hydrogen) atoms. The van der Waals surface area contributed by atoms with Gasteiger partial charge < -0.3 is 15.5 Å². The van der Waals surface area contributed by atoms with Gasteiger partial charge in [0.05, 0.1) is 23.2 Å². The van der Waals surface area contributed by atoms with Gasteiger partial charge >= 0.3 is 0 Å². The molecule has 0 radical (unpaired) electrons. The van der Waals surface area contributed by atoms with E-state index in [9.17, 15) is 4.79 Å². The molecule has 8 heteroatoms. The van der Waals surface area contributed by atoms with Crippen LogP contribution in [0, 0.1) is 13.8 Å². The fraction of sp³-hybridized carbons (Fsp3) is 0.520. The number of carbonyl (C=O) groups is 1. The molecule has 6 nitrogen and oxygen atoms in total. The lowest BCUT2D eigenvalue weighted by molar-refractivity contribution is -0.121. The molecule has 1 fully saturated rings. The Morgan fingerprint density at radius 1 is 1.21 bits per heavy atom. The van der Waals surface area contributed by atoms with Crippen molar-refractivity contribution in [2.24, 2.45) is 4.99 Å². The van der Waals surface area contributed by atoms with E-state index >= 15 is 0 Å². The third kappa shape index (κ3) is 5.77. The van der Waals surface area contributed by atoms with Crippen LogP contribution in [0.3, 0.4) is 0 Å². The van der Waals surface area contributed by atoms with Gasteiger partial charge in [-0.2, -0.15) is 0 Å². The van der Waals surface area contributed by atoms with E-state index in [0.29, 0.717) is 18.0 Å². The van der Waals surface area contributed by atoms with Crippen molar-refractivity contribution in [3.63, 3.8) is 0 Å². The molecule has 2 atom stereocenters. The van der Waals surface area contributed by atoms with Crippen LogP contribution in [0.1, 0.15) is 34.9 Å². The van der Waals surface area contributed by atoms with E-state index in [0.717, 1.165) is 54.6 Å². The van der Waals surface area contributed by atoms with Gasteiger partial charge in [0.15, 0.2) is 0 Å². The van der Waals surface area contributed by atoms with Crippen LogP contribution < -0.4 is 10.6 Å². The number of aryl methyl sites for hydroxylation is 1. The van der Waals surface area contributed by atoms with Gasteiger partial charge in [0.1, 0.15) is 0 Å². The highest BCUT2D eigenvalue weighted by Crippen LogP contribution is 2.37. The number of aliphatic imine (C=N–C) groups is 1. The molecular weight excluding hydrogens is 454 g/mol. The largest absolute Gasteiger partial charge is 0.372 e. The molecule has 2 aromatic rings. The second kappa shape index (κ2) is 10.6. The number of hydrogen-bond donors (Lipinski definition) is 2. The number of nitrogens with one attached hydrogen (secondary N) is 2. The van der Waals surface area contributed by atoms with Gasteiger partial charge in [0, 0.05) is 66.3 Å².